The van der Waals surface area contributed by atoms with Crippen LogP contribution in [0.4, 0.5) is 5.69 Å². The van der Waals surface area contributed by atoms with E-state index in [2.05, 4.69) is 46.1 Å². The fourth-order valence-corrected chi connectivity index (χ4v) is 4.11. The van der Waals surface area contributed by atoms with E-state index in [1.165, 1.54) is 31.6 Å². The molecule has 0 aromatic heterocycles. The molecule has 0 bridgehead atoms. The van der Waals surface area contributed by atoms with E-state index >= 15 is 0 Å². The maximum absolute atomic E-state index is 5.53. The first-order valence-corrected chi connectivity index (χ1v) is 10.3. The summed E-state index contributed by atoms with van der Waals surface area (Å²) in [4.78, 5) is 12.2. The molecule has 0 aliphatic carbocycles. The van der Waals surface area contributed by atoms with Crippen molar-refractivity contribution < 1.29 is 4.74 Å². The highest BCUT2D eigenvalue weighted by Crippen LogP contribution is 2.28. The van der Waals surface area contributed by atoms with E-state index < -0.39 is 0 Å². The third-order valence-corrected chi connectivity index (χ3v) is 5.56. The molecule has 158 valence electrons. The highest BCUT2D eigenvalue weighted by molar-refractivity contribution is 14.0. The van der Waals surface area contributed by atoms with Gasteiger partial charge >= 0.3 is 0 Å². The lowest BCUT2D eigenvalue weighted by molar-refractivity contribution is 0.214. The predicted molar refractivity (Wildman–Crippen MR) is 128 cm³/mol. The Morgan fingerprint density at radius 2 is 1.93 bits per heavy atom. The van der Waals surface area contributed by atoms with E-state index in [0.717, 1.165) is 51.0 Å². The summed E-state index contributed by atoms with van der Waals surface area (Å²) < 4.78 is 5.53. The number of aliphatic imine (C=N–C) groups is 1. The molecule has 0 saturated carbocycles. The summed E-state index contributed by atoms with van der Waals surface area (Å²) in [5.41, 5.74) is 1.19. The molecular weight excluding hydrogens is 465 g/mol. The minimum atomic E-state index is 0. The molecule has 2 heterocycles. The maximum Gasteiger partial charge on any atom is 0.194 e. The van der Waals surface area contributed by atoms with Crippen LogP contribution >= 0.6 is 24.0 Å². The number of hydrogen-bond donors (Lipinski definition) is 1. The van der Waals surface area contributed by atoms with Gasteiger partial charge in [-0.2, -0.15) is 0 Å². The number of likely N-dealkylation sites (tertiary alicyclic amines) is 1. The number of anilines is 1. The molecule has 3 rings (SSSR count). The molecule has 0 spiro atoms. The number of ether oxygens (including phenoxy) is 1. The summed E-state index contributed by atoms with van der Waals surface area (Å²) >= 11 is 0. The molecule has 0 radical (unpaired) electrons. The first-order valence-electron chi connectivity index (χ1n) is 10.3. The molecule has 1 atom stereocenters. The standard InChI is InChI=1S/C21H35N5O.HI/c1-4-22-21(23-16-18-8-7-11-24(2)17-18)26-14-12-25(13-15-26)19-9-5-6-10-20(19)27-3;/h5-6,9-10,18H,4,7-8,11-17H2,1-3H3,(H,22,23);1H. The Balaban J connectivity index is 0.00000280. The second-order valence-electron chi connectivity index (χ2n) is 7.61. The number of methoxy groups -OCH3 is 1. The molecule has 0 amide bonds. The van der Waals surface area contributed by atoms with E-state index in [1.54, 1.807) is 7.11 Å². The Morgan fingerprint density at radius 3 is 2.61 bits per heavy atom. The number of nitrogens with one attached hydrogen (secondary N) is 1. The number of piperidine rings is 1. The SMILES string of the molecule is CCNC(=NCC1CCCN(C)C1)N1CCN(c2ccccc2OC)CC1.I. The molecule has 28 heavy (non-hydrogen) atoms. The molecule has 2 saturated heterocycles. The molecule has 2 aliphatic rings. The second kappa shape index (κ2) is 11.7. The third-order valence-electron chi connectivity index (χ3n) is 5.56. The number of hydrogen-bond acceptors (Lipinski definition) is 4. The van der Waals surface area contributed by atoms with Gasteiger partial charge in [-0.25, -0.2) is 0 Å². The number of piperazine rings is 1. The number of nitrogens with zero attached hydrogens (tertiary/aromatic N) is 4. The molecule has 7 heteroatoms. The van der Waals surface area contributed by atoms with Crippen molar-refractivity contribution in [3.63, 3.8) is 0 Å². The number of benzene rings is 1. The fourth-order valence-electron chi connectivity index (χ4n) is 4.11. The van der Waals surface area contributed by atoms with Gasteiger partial charge in [0.05, 0.1) is 12.8 Å². The zero-order chi connectivity index (χ0) is 19.1. The van der Waals surface area contributed by atoms with Crippen molar-refractivity contribution in [3.05, 3.63) is 24.3 Å². The van der Waals surface area contributed by atoms with Crippen LogP contribution in [0.15, 0.2) is 29.3 Å². The van der Waals surface area contributed by atoms with Crippen LogP contribution in [0.25, 0.3) is 0 Å². The van der Waals surface area contributed by atoms with Gasteiger partial charge in [0, 0.05) is 45.8 Å². The number of guanidine groups is 1. The summed E-state index contributed by atoms with van der Waals surface area (Å²) in [7, 11) is 3.96. The summed E-state index contributed by atoms with van der Waals surface area (Å²) in [6.07, 6.45) is 2.60. The molecular formula is C21H36IN5O. The van der Waals surface area contributed by atoms with Crippen molar-refractivity contribution in [2.45, 2.75) is 19.8 Å². The minimum Gasteiger partial charge on any atom is -0.495 e. The minimum absolute atomic E-state index is 0. The summed E-state index contributed by atoms with van der Waals surface area (Å²) in [5, 5.41) is 3.50. The highest BCUT2D eigenvalue weighted by Gasteiger charge is 2.22. The Kier molecular flexibility index (Phi) is 9.64. The Bertz CT molecular complexity index is 619. The molecule has 2 aliphatic heterocycles. The average molecular weight is 501 g/mol. The first-order chi connectivity index (χ1) is 13.2. The van der Waals surface area contributed by atoms with Gasteiger partial charge in [-0.1, -0.05) is 12.1 Å². The van der Waals surface area contributed by atoms with Gasteiger partial charge in [0.1, 0.15) is 5.75 Å². The van der Waals surface area contributed by atoms with Crippen molar-refractivity contribution >= 4 is 35.6 Å². The van der Waals surface area contributed by atoms with Gasteiger partial charge < -0.3 is 24.8 Å². The quantitative estimate of drug-likeness (QED) is 0.382. The number of rotatable bonds is 5. The molecule has 1 aromatic carbocycles. The van der Waals surface area contributed by atoms with Crippen molar-refractivity contribution in [2.24, 2.45) is 10.9 Å². The topological polar surface area (TPSA) is 43.3 Å². The van der Waals surface area contributed by atoms with Crippen LogP contribution in [0.5, 0.6) is 5.75 Å². The van der Waals surface area contributed by atoms with Crippen LogP contribution in [0, 0.1) is 5.92 Å². The maximum atomic E-state index is 5.53. The van der Waals surface area contributed by atoms with Gasteiger partial charge in [-0.15, -0.1) is 24.0 Å². The van der Waals surface area contributed by atoms with Crippen molar-refractivity contribution in [3.8, 4) is 5.75 Å². The lowest BCUT2D eigenvalue weighted by atomic mass is 9.99. The summed E-state index contributed by atoms with van der Waals surface area (Å²) in [6, 6.07) is 8.29. The normalized spacial score (nSPS) is 21.2. The molecule has 6 nitrogen and oxygen atoms in total. The number of para-hydroxylation sites is 2. The van der Waals surface area contributed by atoms with Crippen LogP contribution < -0.4 is 15.0 Å². The van der Waals surface area contributed by atoms with Crippen molar-refractivity contribution in [1.29, 1.82) is 0 Å². The third kappa shape index (κ3) is 6.14. The largest absolute Gasteiger partial charge is 0.495 e. The van der Waals surface area contributed by atoms with Gasteiger partial charge in [0.25, 0.3) is 0 Å². The lowest BCUT2D eigenvalue weighted by Crippen LogP contribution is -2.52. The van der Waals surface area contributed by atoms with Crippen molar-refractivity contribution in [2.75, 3.05) is 71.4 Å². The van der Waals surface area contributed by atoms with Crippen LogP contribution in [0.3, 0.4) is 0 Å². The average Bonchev–Trinajstić information content (AvgIpc) is 2.71. The zero-order valence-electron chi connectivity index (χ0n) is 17.6. The Morgan fingerprint density at radius 1 is 1.18 bits per heavy atom. The highest BCUT2D eigenvalue weighted by atomic mass is 127. The van der Waals surface area contributed by atoms with Crippen LogP contribution in [0.2, 0.25) is 0 Å². The summed E-state index contributed by atoms with van der Waals surface area (Å²) in [6.45, 7) is 10.3. The monoisotopic (exact) mass is 501 g/mol. The van der Waals surface area contributed by atoms with E-state index in [0.29, 0.717) is 5.92 Å². The van der Waals surface area contributed by atoms with Gasteiger partial charge in [0.2, 0.25) is 0 Å². The first kappa shape index (κ1) is 23.1. The van der Waals surface area contributed by atoms with E-state index in [-0.39, 0.29) is 24.0 Å². The van der Waals surface area contributed by atoms with Crippen molar-refractivity contribution in [1.82, 2.24) is 15.1 Å². The Hall–Kier alpha value is -1.22. The molecule has 1 N–H and O–H groups in total. The van der Waals surface area contributed by atoms with Crippen LogP contribution in [-0.2, 0) is 0 Å². The molecule has 1 aromatic rings. The van der Waals surface area contributed by atoms with E-state index in [4.69, 9.17) is 9.73 Å². The number of halogens is 1. The fraction of sp³-hybridized carbons (Fsp3) is 0.667. The van der Waals surface area contributed by atoms with Gasteiger partial charge in [-0.3, -0.25) is 4.99 Å². The van der Waals surface area contributed by atoms with Gasteiger partial charge in [-0.05, 0) is 51.4 Å². The molecule has 1 unspecified atom stereocenters. The van der Waals surface area contributed by atoms with Crippen LogP contribution in [-0.4, -0.2) is 82.3 Å². The lowest BCUT2D eigenvalue weighted by Gasteiger charge is -2.38. The predicted octanol–water partition coefficient (Wildman–Crippen LogP) is 2.74. The molecule has 2 fully saturated rings. The van der Waals surface area contributed by atoms with E-state index in [9.17, 15) is 0 Å². The Labute approximate surface area is 187 Å². The van der Waals surface area contributed by atoms with Crippen LogP contribution in [0.1, 0.15) is 19.8 Å². The zero-order valence-corrected chi connectivity index (χ0v) is 19.9. The smallest absolute Gasteiger partial charge is 0.194 e. The summed E-state index contributed by atoms with van der Waals surface area (Å²) in [5.74, 6) is 2.71. The second-order valence-corrected chi connectivity index (χ2v) is 7.61. The van der Waals surface area contributed by atoms with Gasteiger partial charge in [0.15, 0.2) is 5.96 Å². The van der Waals surface area contributed by atoms with E-state index in [1.807, 2.05) is 12.1 Å².